The number of alkyl halides is 1. The number of hydrogen-bond donors (Lipinski definition) is 1. The minimum Gasteiger partial charge on any atom is -0.508 e. The third-order valence-corrected chi connectivity index (χ3v) is 9.98. The number of aromatic nitrogens is 3. The number of phenols is 1. The molecule has 4 aliphatic heterocycles. The third kappa shape index (κ3) is 4.04. The highest BCUT2D eigenvalue weighted by Gasteiger charge is 2.49. The Morgan fingerprint density at radius 3 is 2.77 bits per heavy atom. The van der Waals surface area contributed by atoms with Crippen LogP contribution in [0.2, 0.25) is 0 Å². The van der Waals surface area contributed by atoms with Gasteiger partial charge in [-0.2, -0.15) is 9.97 Å². The first-order chi connectivity index (χ1) is 20.8. The molecular formula is C33H30F3N5O2. The molecule has 2 aromatic carbocycles. The second-order valence-electron chi connectivity index (χ2n) is 12.4. The first-order valence-corrected chi connectivity index (χ1v) is 14.9. The van der Waals surface area contributed by atoms with Gasteiger partial charge in [0.15, 0.2) is 5.82 Å². The molecule has 0 saturated carbocycles. The molecule has 0 amide bonds. The lowest BCUT2D eigenvalue weighted by molar-refractivity contribution is 0.107. The van der Waals surface area contributed by atoms with Gasteiger partial charge in [-0.15, -0.1) is 6.42 Å². The van der Waals surface area contributed by atoms with E-state index in [1.165, 1.54) is 30.5 Å². The van der Waals surface area contributed by atoms with Crippen LogP contribution in [-0.2, 0) is 0 Å². The van der Waals surface area contributed by atoms with Crippen molar-refractivity contribution in [1.29, 1.82) is 0 Å². The van der Waals surface area contributed by atoms with Gasteiger partial charge in [0.05, 0.1) is 16.5 Å². The SMILES string of the molecule is C#Cc1c(F)ccc2cc(O)cc(-c3ncc4c(N5C6CCCC5C6)nc(OC[C@@]56CCCN5C[C@H](F)C6)nc4c3F)c12. The second-order valence-corrected chi connectivity index (χ2v) is 12.4. The van der Waals surface area contributed by atoms with Gasteiger partial charge in [-0.05, 0) is 68.7 Å². The monoisotopic (exact) mass is 585 g/mol. The van der Waals surface area contributed by atoms with Crippen LogP contribution >= 0.6 is 0 Å². The highest BCUT2D eigenvalue weighted by atomic mass is 19.1. The number of rotatable bonds is 5. The van der Waals surface area contributed by atoms with Gasteiger partial charge in [-0.1, -0.05) is 12.0 Å². The summed E-state index contributed by atoms with van der Waals surface area (Å²) in [5.74, 6) is 1.43. The molecule has 2 bridgehead atoms. The topological polar surface area (TPSA) is 74.6 Å². The molecule has 220 valence electrons. The summed E-state index contributed by atoms with van der Waals surface area (Å²) in [6.45, 7) is 1.44. The number of benzene rings is 2. The Morgan fingerprint density at radius 1 is 1.14 bits per heavy atom. The van der Waals surface area contributed by atoms with Crippen LogP contribution in [0, 0.1) is 24.0 Å². The molecule has 4 aromatic rings. The van der Waals surface area contributed by atoms with E-state index in [2.05, 4.69) is 25.7 Å². The molecule has 4 fully saturated rings. The summed E-state index contributed by atoms with van der Waals surface area (Å²) in [6, 6.07) is 6.12. The smallest absolute Gasteiger partial charge is 0.319 e. The van der Waals surface area contributed by atoms with Crippen LogP contribution in [0.3, 0.4) is 0 Å². The van der Waals surface area contributed by atoms with Crippen molar-refractivity contribution in [2.45, 2.75) is 68.7 Å². The van der Waals surface area contributed by atoms with E-state index in [-0.39, 0.29) is 46.1 Å². The van der Waals surface area contributed by atoms with Crippen LogP contribution in [0.25, 0.3) is 32.9 Å². The lowest BCUT2D eigenvalue weighted by Crippen LogP contribution is -2.59. The first-order valence-electron chi connectivity index (χ1n) is 14.9. The van der Waals surface area contributed by atoms with Crippen molar-refractivity contribution in [3.8, 4) is 35.4 Å². The molecular weight excluding hydrogens is 555 g/mol. The van der Waals surface area contributed by atoms with Crippen LogP contribution in [0.1, 0.15) is 50.5 Å². The largest absolute Gasteiger partial charge is 0.508 e. The average Bonchev–Trinajstić information content (AvgIpc) is 3.52. The lowest BCUT2D eigenvalue weighted by atomic mass is 9.79. The van der Waals surface area contributed by atoms with Crippen molar-refractivity contribution in [3.05, 3.63) is 47.7 Å². The zero-order chi connectivity index (χ0) is 29.5. The molecule has 6 heterocycles. The van der Waals surface area contributed by atoms with Gasteiger partial charge in [-0.25, -0.2) is 13.2 Å². The highest BCUT2D eigenvalue weighted by molar-refractivity contribution is 6.03. The minimum absolute atomic E-state index is 0.0145. The first kappa shape index (κ1) is 26.5. The van der Waals surface area contributed by atoms with E-state index in [0.29, 0.717) is 41.6 Å². The maximum atomic E-state index is 16.7. The molecule has 10 heteroatoms. The predicted molar refractivity (Wildman–Crippen MR) is 157 cm³/mol. The van der Waals surface area contributed by atoms with Gasteiger partial charge in [0.1, 0.15) is 41.4 Å². The number of ether oxygens (including phenoxy) is 1. The molecule has 4 aliphatic rings. The Hall–Kier alpha value is -4.10. The molecule has 0 radical (unpaired) electrons. The Bertz CT molecular complexity index is 1830. The fraction of sp³-hybridized carbons (Fsp3) is 0.424. The molecule has 0 aliphatic carbocycles. The molecule has 0 spiro atoms. The summed E-state index contributed by atoms with van der Waals surface area (Å²) < 4.78 is 52.1. The number of halogens is 3. The van der Waals surface area contributed by atoms with Crippen molar-refractivity contribution in [2.75, 3.05) is 24.6 Å². The van der Waals surface area contributed by atoms with E-state index >= 15 is 4.39 Å². The zero-order valence-corrected chi connectivity index (χ0v) is 23.5. The van der Waals surface area contributed by atoms with Gasteiger partial charge in [0.25, 0.3) is 0 Å². The summed E-state index contributed by atoms with van der Waals surface area (Å²) in [7, 11) is 0. The van der Waals surface area contributed by atoms with E-state index in [1.807, 2.05) is 0 Å². The summed E-state index contributed by atoms with van der Waals surface area (Å²) >= 11 is 0. The molecule has 7 nitrogen and oxygen atoms in total. The predicted octanol–water partition coefficient (Wildman–Crippen LogP) is 5.90. The van der Waals surface area contributed by atoms with E-state index in [0.717, 1.165) is 45.1 Å². The molecule has 8 rings (SSSR count). The van der Waals surface area contributed by atoms with Crippen molar-refractivity contribution in [1.82, 2.24) is 19.9 Å². The normalized spacial score (nSPS) is 26.5. The second kappa shape index (κ2) is 9.71. The van der Waals surface area contributed by atoms with Crippen molar-refractivity contribution in [2.24, 2.45) is 0 Å². The molecule has 43 heavy (non-hydrogen) atoms. The van der Waals surface area contributed by atoms with Crippen molar-refractivity contribution >= 4 is 27.5 Å². The summed E-state index contributed by atoms with van der Waals surface area (Å²) in [5.41, 5.74) is -0.404. The van der Waals surface area contributed by atoms with Crippen LogP contribution in [-0.4, -0.2) is 68.4 Å². The Kier molecular flexibility index (Phi) is 5.99. The number of piperidine rings is 1. The van der Waals surface area contributed by atoms with Crippen LogP contribution in [0.4, 0.5) is 19.0 Å². The number of anilines is 1. The number of terminal acetylenes is 1. The number of hydrogen-bond acceptors (Lipinski definition) is 7. The maximum Gasteiger partial charge on any atom is 0.319 e. The maximum absolute atomic E-state index is 16.7. The number of pyridine rings is 1. The Labute approximate surface area is 246 Å². The quantitative estimate of drug-likeness (QED) is 0.293. The highest BCUT2D eigenvalue weighted by Crippen LogP contribution is 2.45. The van der Waals surface area contributed by atoms with Crippen LogP contribution < -0.4 is 9.64 Å². The van der Waals surface area contributed by atoms with Crippen molar-refractivity contribution < 1.29 is 23.0 Å². The molecule has 4 atom stereocenters. The lowest BCUT2D eigenvalue weighted by Gasteiger charge is -2.53. The number of nitrogens with zero attached hydrogens (tertiary/aromatic N) is 5. The van der Waals surface area contributed by atoms with Gasteiger partial charge in [0.2, 0.25) is 0 Å². The minimum atomic E-state index is -0.904. The molecule has 2 aromatic heterocycles. The molecule has 1 N–H and O–H groups in total. The number of fused-ring (bicyclic) bond motifs is 5. The van der Waals surface area contributed by atoms with Gasteiger partial charge < -0.3 is 14.7 Å². The Balaban J connectivity index is 1.28. The Morgan fingerprint density at radius 2 is 1.98 bits per heavy atom. The number of aromatic hydroxyl groups is 1. The summed E-state index contributed by atoms with van der Waals surface area (Å²) in [6.07, 6.45) is 12.7. The third-order valence-electron chi connectivity index (χ3n) is 9.98. The van der Waals surface area contributed by atoms with Crippen molar-refractivity contribution in [3.63, 3.8) is 0 Å². The van der Waals surface area contributed by atoms with Gasteiger partial charge in [-0.3, -0.25) is 9.88 Å². The van der Waals surface area contributed by atoms with E-state index in [1.54, 1.807) is 0 Å². The molecule has 4 saturated heterocycles. The van der Waals surface area contributed by atoms with Gasteiger partial charge in [0, 0.05) is 42.2 Å². The summed E-state index contributed by atoms with van der Waals surface area (Å²) in [4.78, 5) is 18.2. The molecule has 2 unspecified atom stereocenters. The van der Waals surface area contributed by atoms with E-state index < -0.39 is 23.3 Å². The average molecular weight is 586 g/mol. The zero-order valence-electron chi connectivity index (χ0n) is 23.5. The van der Waals surface area contributed by atoms with Crippen LogP contribution in [0.5, 0.6) is 11.8 Å². The van der Waals surface area contributed by atoms with E-state index in [9.17, 15) is 13.9 Å². The fourth-order valence-electron chi connectivity index (χ4n) is 8.02. The van der Waals surface area contributed by atoms with E-state index in [4.69, 9.17) is 16.1 Å². The van der Waals surface area contributed by atoms with Crippen LogP contribution in [0.15, 0.2) is 30.5 Å². The number of phenolic OH excluding ortho intramolecular Hbond substituents is 1. The van der Waals surface area contributed by atoms with Gasteiger partial charge >= 0.3 is 6.01 Å². The standard InChI is InChI=1S/C33H30F3N5O2/c1-2-23-26(35)8-7-18-11-22(42)13-24(27(18)23)29-28(36)30-25(15-37-29)31(41-20-5-3-6-21(41)12-20)39-32(38-30)43-17-33-9-4-10-40(33)16-19(34)14-33/h1,7-8,11,13,15,19-21,42H,3-6,9-10,12,14,16-17H2/t19-,20?,21?,33+/m1/s1. The fourth-order valence-corrected chi connectivity index (χ4v) is 8.02. The summed E-state index contributed by atoms with van der Waals surface area (Å²) in [5, 5.41) is 11.7.